The Hall–Kier alpha value is -2.02. The van der Waals surface area contributed by atoms with Crippen molar-refractivity contribution in [1.82, 2.24) is 14.3 Å². The van der Waals surface area contributed by atoms with Crippen LogP contribution in [0, 0.1) is 11.3 Å². The summed E-state index contributed by atoms with van der Waals surface area (Å²) in [5.41, 5.74) is 1.64. The molecule has 0 unspecified atom stereocenters. The van der Waals surface area contributed by atoms with Crippen LogP contribution in [0.25, 0.3) is 0 Å². The zero-order chi connectivity index (χ0) is 11.5. The summed E-state index contributed by atoms with van der Waals surface area (Å²) >= 11 is 0. The summed E-state index contributed by atoms with van der Waals surface area (Å²) in [7, 11) is 0. The van der Waals surface area contributed by atoms with Crippen LogP contribution in [0.2, 0.25) is 0 Å². The van der Waals surface area contributed by atoms with Crippen LogP contribution < -0.4 is 0 Å². The SMILES string of the molecule is CC(C)n1ccc(Cn2cccc2C#N)n1. The van der Waals surface area contributed by atoms with Gasteiger partial charge >= 0.3 is 0 Å². The number of nitrogens with zero attached hydrogens (tertiary/aromatic N) is 4. The van der Waals surface area contributed by atoms with E-state index in [9.17, 15) is 0 Å². The second-order valence-electron chi connectivity index (χ2n) is 4.01. The lowest BCUT2D eigenvalue weighted by molar-refractivity contribution is 0.523. The van der Waals surface area contributed by atoms with Crippen LogP contribution in [-0.4, -0.2) is 14.3 Å². The van der Waals surface area contributed by atoms with Crippen molar-refractivity contribution in [2.24, 2.45) is 0 Å². The molecular weight excluding hydrogens is 200 g/mol. The summed E-state index contributed by atoms with van der Waals surface area (Å²) in [5, 5.41) is 13.3. The fourth-order valence-electron chi connectivity index (χ4n) is 1.58. The van der Waals surface area contributed by atoms with Gasteiger partial charge in [0.2, 0.25) is 0 Å². The van der Waals surface area contributed by atoms with Crippen LogP contribution in [0.15, 0.2) is 30.6 Å². The Morgan fingerprint density at radius 3 is 2.81 bits per heavy atom. The van der Waals surface area contributed by atoms with Crippen molar-refractivity contribution in [3.8, 4) is 6.07 Å². The fourth-order valence-corrected chi connectivity index (χ4v) is 1.58. The van der Waals surface area contributed by atoms with E-state index in [-0.39, 0.29) is 0 Å². The van der Waals surface area contributed by atoms with E-state index in [4.69, 9.17) is 5.26 Å². The van der Waals surface area contributed by atoms with Crippen LogP contribution in [0.4, 0.5) is 0 Å². The van der Waals surface area contributed by atoms with E-state index < -0.39 is 0 Å². The van der Waals surface area contributed by atoms with Crippen molar-refractivity contribution in [2.75, 3.05) is 0 Å². The van der Waals surface area contributed by atoms with Gasteiger partial charge in [-0.05, 0) is 32.0 Å². The smallest absolute Gasteiger partial charge is 0.120 e. The van der Waals surface area contributed by atoms with Crippen LogP contribution in [0.3, 0.4) is 0 Å². The van der Waals surface area contributed by atoms with Gasteiger partial charge in [-0.15, -0.1) is 0 Å². The molecular formula is C12H14N4. The fraction of sp³-hybridized carbons (Fsp3) is 0.333. The first-order valence-electron chi connectivity index (χ1n) is 5.30. The number of hydrogen-bond acceptors (Lipinski definition) is 2. The van der Waals surface area contributed by atoms with Crippen LogP contribution in [-0.2, 0) is 6.54 Å². The predicted molar refractivity (Wildman–Crippen MR) is 60.9 cm³/mol. The van der Waals surface area contributed by atoms with Crippen molar-refractivity contribution >= 4 is 0 Å². The van der Waals surface area contributed by atoms with E-state index in [1.165, 1.54) is 0 Å². The molecule has 82 valence electrons. The van der Waals surface area contributed by atoms with Gasteiger partial charge in [-0.3, -0.25) is 4.68 Å². The summed E-state index contributed by atoms with van der Waals surface area (Å²) in [4.78, 5) is 0. The van der Waals surface area contributed by atoms with Crippen LogP contribution >= 0.6 is 0 Å². The van der Waals surface area contributed by atoms with Crippen LogP contribution in [0.1, 0.15) is 31.3 Å². The minimum absolute atomic E-state index is 0.369. The highest BCUT2D eigenvalue weighted by molar-refractivity contribution is 5.23. The Labute approximate surface area is 94.7 Å². The van der Waals surface area contributed by atoms with E-state index in [1.54, 1.807) is 6.07 Å². The highest BCUT2D eigenvalue weighted by Gasteiger charge is 2.04. The van der Waals surface area contributed by atoms with E-state index in [1.807, 2.05) is 33.8 Å². The molecule has 4 heteroatoms. The first-order chi connectivity index (χ1) is 7.70. The quantitative estimate of drug-likeness (QED) is 0.786. The Balaban J connectivity index is 2.18. The van der Waals surface area contributed by atoms with Gasteiger partial charge in [0.25, 0.3) is 0 Å². The third-order valence-corrected chi connectivity index (χ3v) is 2.47. The van der Waals surface area contributed by atoms with E-state index in [0.717, 1.165) is 5.69 Å². The van der Waals surface area contributed by atoms with Crippen molar-refractivity contribution in [1.29, 1.82) is 5.26 Å². The summed E-state index contributed by atoms with van der Waals surface area (Å²) in [5.74, 6) is 0. The lowest BCUT2D eigenvalue weighted by Gasteiger charge is -2.04. The number of hydrogen-bond donors (Lipinski definition) is 0. The van der Waals surface area contributed by atoms with Gasteiger partial charge in [-0.2, -0.15) is 10.4 Å². The van der Waals surface area contributed by atoms with Crippen molar-refractivity contribution < 1.29 is 0 Å². The van der Waals surface area contributed by atoms with Crippen molar-refractivity contribution in [2.45, 2.75) is 26.4 Å². The summed E-state index contributed by atoms with van der Waals surface area (Å²) in [6, 6.07) is 8.19. The average molecular weight is 214 g/mol. The Kier molecular flexibility index (Phi) is 2.78. The van der Waals surface area contributed by atoms with Gasteiger partial charge in [0.15, 0.2) is 0 Å². The molecule has 16 heavy (non-hydrogen) atoms. The molecule has 0 bridgehead atoms. The lowest BCUT2D eigenvalue weighted by atomic mass is 10.4. The van der Waals surface area contributed by atoms with Crippen molar-refractivity contribution in [3.05, 3.63) is 42.0 Å². The first-order valence-corrected chi connectivity index (χ1v) is 5.30. The van der Waals surface area contributed by atoms with Crippen molar-refractivity contribution in [3.63, 3.8) is 0 Å². The second kappa shape index (κ2) is 4.23. The monoisotopic (exact) mass is 214 g/mol. The molecule has 2 aromatic rings. The molecule has 0 saturated heterocycles. The molecule has 4 nitrogen and oxygen atoms in total. The maximum atomic E-state index is 8.88. The number of rotatable bonds is 3. The molecule has 0 radical (unpaired) electrons. The minimum atomic E-state index is 0.369. The molecule has 0 saturated carbocycles. The molecule has 0 spiro atoms. The summed E-state index contributed by atoms with van der Waals surface area (Å²) < 4.78 is 3.82. The zero-order valence-corrected chi connectivity index (χ0v) is 9.46. The van der Waals surface area contributed by atoms with Gasteiger partial charge in [0, 0.05) is 18.4 Å². The Bertz CT molecular complexity index is 513. The molecule has 0 atom stereocenters. The highest BCUT2D eigenvalue weighted by Crippen LogP contribution is 2.08. The van der Waals surface area contributed by atoms with Crippen LogP contribution in [0.5, 0.6) is 0 Å². The maximum Gasteiger partial charge on any atom is 0.120 e. The third-order valence-electron chi connectivity index (χ3n) is 2.47. The lowest BCUT2D eigenvalue weighted by Crippen LogP contribution is -2.05. The minimum Gasteiger partial charge on any atom is -0.333 e. The molecule has 0 N–H and O–H groups in total. The van der Waals surface area contributed by atoms with E-state index in [0.29, 0.717) is 18.3 Å². The normalized spacial score (nSPS) is 10.6. The Morgan fingerprint density at radius 1 is 1.38 bits per heavy atom. The molecule has 0 fully saturated rings. The molecule has 0 aliphatic rings. The number of aromatic nitrogens is 3. The molecule has 0 amide bonds. The highest BCUT2D eigenvalue weighted by atomic mass is 15.3. The van der Waals surface area contributed by atoms with E-state index in [2.05, 4.69) is 25.0 Å². The first kappa shape index (κ1) is 10.5. The van der Waals surface area contributed by atoms with Gasteiger partial charge in [-0.1, -0.05) is 0 Å². The van der Waals surface area contributed by atoms with Gasteiger partial charge in [0.1, 0.15) is 11.8 Å². The molecule has 0 aliphatic carbocycles. The molecule has 0 aromatic carbocycles. The standard InChI is InChI=1S/C12H14N4/c1-10(2)16-7-5-11(14-16)9-15-6-3-4-12(15)8-13/h3-7,10H,9H2,1-2H3. The molecule has 2 rings (SSSR count). The van der Waals surface area contributed by atoms with Gasteiger partial charge in [0.05, 0.1) is 12.2 Å². The molecule has 2 aromatic heterocycles. The molecule has 0 aliphatic heterocycles. The van der Waals surface area contributed by atoms with E-state index >= 15 is 0 Å². The predicted octanol–water partition coefficient (Wildman–Crippen LogP) is 2.19. The largest absolute Gasteiger partial charge is 0.333 e. The Morgan fingerprint density at radius 2 is 2.19 bits per heavy atom. The summed E-state index contributed by atoms with van der Waals surface area (Å²) in [6.45, 7) is 4.83. The van der Waals surface area contributed by atoms with Gasteiger partial charge < -0.3 is 4.57 Å². The summed E-state index contributed by atoms with van der Waals surface area (Å²) in [6.07, 6.45) is 3.86. The third kappa shape index (κ3) is 1.98. The molecule has 2 heterocycles. The zero-order valence-electron chi connectivity index (χ0n) is 9.46. The number of nitriles is 1. The average Bonchev–Trinajstić information content (AvgIpc) is 2.87. The van der Waals surface area contributed by atoms with Gasteiger partial charge in [-0.25, -0.2) is 0 Å². The second-order valence-corrected chi connectivity index (χ2v) is 4.01. The maximum absolute atomic E-state index is 8.88. The topological polar surface area (TPSA) is 46.5 Å².